The molecule has 0 bridgehead atoms. The molecule has 3 aromatic carbocycles. The van der Waals surface area contributed by atoms with Crippen LogP contribution in [-0.2, 0) is 41.1 Å². The van der Waals surface area contributed by atoms with E-state index in [0.717, 1.165) is 28.3 Å². The molecule has 0 unspecified atom stereocenters. The fraction of sp³-hybridized carbons (Fsp3) is 0.371. The van der Waals surface area contributed by atoms with Gasteiger partial charge in [0, 0.05) is 24.1 Å². The molecule has 0 amide bonds. The Labute approximate surface area is 248 Å². The number of aromatic nitrogens is 2. The van der Waals surface area contributed by atoms with Crippen LogP contribution in [0.4, 0.5) is 10.1 Å². The molecular formula is C35H42FN3O3. The summed E-state index contributed by atoms with van der Waals surface area (Å²) in [4.78, 5) is 12.0. The minimum Gasteiger partial charge on any atom is -0.487 e. The number of nitrogens with one attached hydrogen (secondary N) is 1. The first-order chi connectivity index (χ1) is 19.9. The summed E-state index contributed by atoms with van der Waals surface area (Å²) in [5.74, 6) is 0.168. The van der Waals surface area contributed by atoms with Crippen molar-refractivity contribution in [1.82, 2.24) is 9.78 Å². The number of hydrogen-bond acceptors (Lipinski definition) is 5. The topological polar surface area (TPSA) is 65.4 Å². The second-order valence-corrected chi connectivity index (χ2v) is 12.6. The first-order valence-corrected chi connectivity index (χ1v) is 14.4. The Hall–Kier alpha value is -4.13. The molecule has 1 aromatic heterocycles. The lowest BCUT2D eigenvalue weighted by molar-refractivity contribution is -0.154. The van der Waals surface area contributed by atoms with Crippen molar-refractivity contribution in [1.29, 1.82) is 0 Å². The van der Waals surface area contributed by atoms with Gasteiger partial charge in [-0.25, -0.2) is 4.39 Å². The van der Waals surface area contributed by atoms with Crippen molar-refractivity contribution < 1.29 is 18.7 Å². The summed E-state index contributed by atoms with van der Waals surface area (Å²) in [5, 5.41) is 8.19. The van der Waals surface area contributed by atoms with Crippen LogP contribution in [-0.4, -0.2) is 21.4 Å². The number of esters is 1. The molecule has 4 rings (SSSR count). The molecule has 1 heterocycles. The lowest BCUT2D eigenvalue weighted by atomic mass is 9.92. The summed E-state index contributed by atoms with van der Waals surface area (Å²) < 4.78 is 28.0. The summed E-state index contributed by atoms with van der Waals surface area (Å²) in [6, 6.07) is 25.3. The first-order valence-electron chi connectivity index (χ1n) is 14.4. The second-order valence-electron chi connectivity index (χ2n) is 12.6. The highest BCUT2D eigenvalue weighted by Gasteiger charge is 2.20. The molecule has 4 aromatic rings. The number of nitrogens with zero attached hydrogens (tertiary/aromatic N) is 2. The average Bonchev–Trinajstić information content (AvgIpc) is 3.34. The van der Waals surface area contributed by atoms with E-state index in [2.05, 4.69) is 56.4 Å². The maximum Gasteiger partial charge on any atom is 0.306 e. The predicted octanol–water partition coefficient (Wildman–Crippen LogP) is 7.83. The van der Waals surface area contributed by atoms with Crippen LogP contribution in [0.25, 0.3) is 0 Å². The number of carbonyl (C=O) groups is 1. The van der Waals surface area contributed by atoms with E-state index >= 15 is 0 Å². The van der Waals surface area contributed by atoms with Crippen LogP contribution in [0.1, 0.15) is 76.0 Å². The predicted molar refractivity (Wildman–Crippen MR) is 165 cm³/mol. The number of benzene rings is 3. The minimum atomic E-state index is -0.545. The summed E-state index contributed by atoms with van der Waals surface area (Å²) in [6.07, 6.45) is 0.445. The fourth-order valence-electron chi connectivity index (χ4n) is 4.38. The van der Waals surface area contributed by atoms with Gasteiger partial charge >= 0.3 is 5.97 Å². The third-order valence-electron chi connectivity index (χ3n) is 6.69. The van der Waals surface area contributed by atoms with E-state index in [0.29, 0.717) is 37.4 Å². The Kier molecular flexibility index (Phi) is 9.71. The molecule has 0 saturated carbocycles. The van der Waals surface area contributed by atoms with Crippen molar-refractivity contribution in [3.63, 3.8) is 0 Å². The number of para-hydroxylation sites is 1. The van der Waals surface area contributed by atoms with E-state index in [1.54, 1.807) is 6.07 Å². The van der Waals surface area contributed by atoms with Crippen LogP contribution < -0.4 is 10.1 Å². The maximum absolute atomic E-state index is 14.7. The zero-order valence-electron chi connectivity index (χ0n) is 25.5. The van der Waals surface area contributed by atoms with Crippen LogP contribution in [0.2, 0.25) is 0 Å². The van der Waals surface area contributed by atoms with Gasteiger partial charge in [0.25, 0.3) is 0 Å². The zero-order chi connectivity index (χ0) is 30.3. The number of ether oxygens (including phenoxy) is 2. The number of rotatable bonds is 11. The molecule has 0 atom stereocenters. The van der Waals surface area contributed by atoms with Gasteiger partial charge in [0.15, 0.2) is 0 Å². The van der Waals surface area contributed by atoms with Crippen molar-refractivity contribution in [2.45, 2.75) is 85.1 Å². The highest BCUT2D eigenvalue weighted by atomic mass is 19.1. The molecule has 7 heteroatoms. The molecule has 0 saturated heterocycles. The molecule has 0 radical (unpaired) electrons. The number of anilines is 1. The van der Waals surface area contributed by atoms with E-state index in [1.165, 1.54) is 6.07 Å². The van der Waals surface area contributed by atoms with Gasteiger partial charge in [-0.15, -0.1) is 0 Å². The third kappa shape index (κ3) is 9.20. The van der Waals surface area contributed by atoms with Crippen molar-refractivity contribution >= 4 is 11.7 Å². The van der Waals surface area contributed by atoms with E-state index in [1.807, 2.05) is 61.9 Å². The van der Waals surface area contributed by atoms with E-state index in [4.69, 9.17) is 14.6 Å². The maximum atomic E-state index is 14.7. The Morgan fingerprint density at radius 3 is 2.24 bits per heavy atom. The lowest BCUT2D eigenvalue weighted by Crippen LogP contribution is -2.24. The van der Waals surface area contributed by atoms with Crippen LogP contribution in [0.5, 0.6) is 5.75 Å². The molecule has 0 spiro atoms. The average molecular weight is 572 g/mol. The van der Waals surface area contributed by atoms with Crippen LogP contribution in [0.15, 0.2) is 78.9 Å². The normalized spacial score (nSPS) is 11.8. The third-order valence-corrected chi connectivity index (χ3v) is 6.69. The number of carbonyl (C=O) groups excluding carboxylic acids is 1. The smallest absolute Gasteiger partial charge is 0.306 e. The van der Waals surface area contributed by atoms with Gasteiger partial charge in [-0.3, -0.25) is 9.48 Å². The van der Waals surface area contributed by atoms with Crippen LogP contribution >= 0.6 is 0 Å². The lowest BCUT2D eigenvalue weighted by Gasteiger charge is -2.19. The summed E-state index contributed by atoms with van der Waals surface area (Å²) in [7, 11) is 0. The van der Waals surface area contributed by atoms with E-state index in [-0.39, 0.29) is 23.6 Å². The summed E-state index contributed by atoms with van der Waals surface area (Å²) in [6.45, 7) is 13.6. The molecule has 0 aliphatic rings. The molecule has 0 fully saturated rings. The highest BCUT2D eigenvalue weighted by molar-refractivity contribution is 5.70. The van der Waals surface area contributed by atoms with Crippen molar-refractivity contribution in [2.24, 2.45) is 0 Å². The highest BCUT2D eigenvalue weighted by Crippen LogP contribution is 2.24. The number of aryl methyl sites for hydroxylation is 1. The van der Waals surface area contributed by atoms with Crippen LogP contribution in [0.3, 0.4) is 0 Å². The molecule has 42 heavy (non-hydrogen) atoms. The standard InChI is InChI=1S/C35H42FN3O3/c1-34(2,3)32-21-29(24-41-30-10-8-7-9-11-30)39(38-32)23-26-14-12-25(13-15-26)22-37-28-18-16-27(31(36)20-28)17-19-33(40)42-35(4,5)6/h7-16,18,20-21,37H,17,19,22-24H2,1-6H3. The SMILES string of the molecule is CC(C)(C)OC(=O)CCc1ccc(NCc2ccc(Cn3nc(C(C)(C)C)cc3COc3ccccc3)cc2)cc1F. The number of halogens is 1. The first kappa shape index (κ1) is 30.8. The van der Waals surface area contributed by atoms with E-state index in [9.17, 15) is 9.18 Å². The number of hydrogen-bond donors (Lipinski definition) is 1. The van der Waals surface area contributed by atoms with E-state index < -0.39 is 5.60 Å². The fourth-order valence-corrected chi connectivity index (χ4v) is 4.38. The van der Waals surface area contributed by atoms with Gasteiger partial charge in [-0.2, -0.15) is 5.10 Å². The Balaban J connectivity index is 1.34. The summed E-state index contributed by atoms with van der Waals surface area (Å²) >= 11 is 0. The zero-order valence-corrected chi connectivity index (χ0v) is 25.5. The molecule has 1 N–H and O–H groups in total. The van der Waals surface area contributed by atoms with Gasteiger partial charge in [-0.1, -0.05) is 69.3 Å². The Morgan fingerprint density at radius 1 is 0.905 bits per heavy atom. The van der Waals surface area contributed by atoms with Gasteiger partial charge in [-0.05, 0) is 74.2 Å². The molecule has 6 nitrogen and oxygen atoms in total. The van der Waals surface area contributed by atoms with Gasteiger partial charge in [0.05, 0.1) is 17.9 Å². The van der Waals surface area contributed by atoms with Crippen molar-refractivity contribution in [2.75, 3.05) is 5.32 Å². The largest absolute Gasteiger partial charge is 0.487 e. The van der Waals surface area contributed by atoms with Crippen molar-refractivity contribution in [3.8, 4) is 5.75 Å². The van der Waals surface area contributed by atoms with Crippen molar-refractivity contribution in [3.05, 3.63) is 113 Å². The second kappa shape index (κ2) is 13.2. The van der Waals surface area contributed by atoms with Gasteiger partial charge in [0.1, 0.15) is 23.8 Å². The van der Waals surface area contributed by atoms with Gasteiger partial charge in [0.2, 0.25) is 0 Å². The Morgan fingerprint density at radius 2 is 1.60 bits per heavy atom. The van der Waals surface area contributed by atoms with Gasteiger partial charge < -0.3 is 14.8 Å². The molecule has 0 aliphatic carbocycles. The minimum absolute atomic E-state index is 0.0714. The molecular weight excluding hydrogens is 529 g/mol. The molecule has 0 aliphatic heterocycles. The monoisotopic (exact) mass is 571 g/mol. The summed E-state index contributed by atoms with van der Waals surface area (Å²) in [5.41, 5.74) is 4.82. The Bertz CT molecular complexity index is 1470. The van der Waals surface area contributed by atoms with Crippen LogP contribution in [0, 0.1) is 5.82 Å². The quantitative estimate of drug-likeness (QED) is 0.186. The molecule has 222 valence electrons.